The maximum Gasteiger partial charge on any atom is 0.308 e. The van der Waals surface area contributed by atoms with Crippen molar-refractivity contribution in [1.29, 1.82) is 0 Å². The second-order valence-electron chi connectivity index (χ2n) is 5.42. The van der Waals surface area contributed by atoms with E-state index in [0.717, 1.165) is 5.56 Å². The first-order valence-electron chi connectivity index (χ1n) is 6.78. The molecule has 2 rings (SSSR count). The molecule has 1 heterocycles. The number of ether oxygens (including phenoxy) is 1. The molecule has 1 fully saturated rings. The number of likely N-dealkylation sites (tertiary alicyclic amines) is 1. The molecule has 1 saturated heterocycles. The Morgan fingerprint density at radius 2 is 2.14 bits per heavy atom. The molecule has 1 aliphatic heterocycles. The number of benzene rings is 1. The molecule has 0 aliphatic carbocycles. The van der Waals surface area contributed by atoms with Gasteiger partial charge in [-0.2, -0.15) is 0 Å². The smallest absolute Gasteiger partial charge is 0.308 e. The van der Waals surface area contributed by atoms with Crippen LogP contribution in [0.2, 0.25) is 5.02 Å². The van der Waals surface area contributed by atoms with Gasteiger partial charge in [0.2, 0.25) is 0 Å². The summed E-state index contributed by atoms with van der Waals surface area (Å²) in [5.74, 6) is -0.975. The van der Waals surface area contributed by atoms with Gasteiger partial charge in [0.15, 0.2) is 6.61 Å². The number of hydrogen-bond donors (Lipinski definition) is 1. The van der Waals surface area contributed by atoms with Crippen molar-refractivity contribution in [3.05, 3.63) is 28.8 Å². The molecule has 5 nitrogen and oxygen atoms in total. The Bertz CT molecular complexity index is 561. The number of carboxylic acid groups (broad SMARTS) is 1. The number of carboxylic acids is 1. The highest BCUT2D eigenvalue weighted by Gasteiger charge is 2.36. The molecule has 1 aliphatic rings. The van der Waals surface area contributed by atoms with Crippen LogP contribution in [0.4, 0.5) is 0 Å². The highest BCUT2D eigenvalue weighted by atomic mass is 35.5. The van der Waals surface area contributed by atoms with E-state index in [-0.39, 0.29) is 25.0 Å². The summed E-state index contributed by atoms with van der Waals surface area (Å²) in [5.41, 5.74) is 0.855. The zero-order chi connectivity index (χ0) is 15.6. The molecule has 21 heavy (non-hydrogen) atoms. The SMILES string of the molecule is Cc1cc(Cl)ccc1OCC(=O)N1CC(C)C(C(=O)O)C1. The van der Waals surface area contributed by atoms with Crippen molar-refractivity contribution < 1.29 is 19.4 Å². The minimum atomic E-state index is -0.854. The maximum atomic E-state index is 12.1. The summed E-state index contributed by atoms with van der Waals surface area (Å²) in [7, 11) is 0. The molecule has 1 aromatic carbocycles. The molecule has 1 aromatic rings. The number of carbonyl (C=O) groups is 2. The van der Waals surface area contributed by atoms with Gasteiger partial charge in [-0.05, 0) is 36.6 Å². The molecule has 0 aromatic heterocycles. The first kappa shape index (κ1) is 15.6. The molecule has 114 valence electrons. The van der Waals surface area contributed by atoms with Crippen molar-refractivity contribution in [2.75, 3.05) is 19.7 Å². The molecule has 1 amide bonds. The largest absolute Gasteiger partial charge is 0.483 e. The zero-order valence-corrected chi connectivity index (χ0v) is 12.8. The van der Waals surface area contributed by atoms with E-state index in [1.807, 2.05) is 13.8 Å². The van der Waals surface area contributed by atoms with Crippen LogP contribution in [0.1, 0.15) is 12.5 Å². The highest BCUT2D eigenvalue weighted by molar-refractivity contribution is 6.30. The van der Waals surface area contributed by atoms with Crippen LogP contribution >= 0.6 is 11.6 Å². The van der Waals surface area contributed by atoms with Crippen molar-refractivity contribution >= 4 is 23.5 Å². The number of nitrogens with zero attached hydrogens (tertiary/aromatic N) is 1. The maximum absolute atomic E-state index is 12.1. The van der Waals surface area contributed by atoms with Crippen LogP contribution in [0, 0.1) is 18.8 Å². The van der Waals surface area contributed by atoms with Gasteiger partial charge in [0.25, 0.3) is 5.91 Å². The monoisotopic (exact) mass is 311 g/mol. The van der Waals surface area contributed by atoms with E-state index in [1.54, 1.807) is 23.1 Å². The quantitative estimate of drug-likeness (QED) is 0.925. The van der Waals surface area contributed by atoms with Crippen molar-refractivity contribution in [2.45, 2.75) is 13.8 Å². The second-order valence-corrected chi connectivity index (χ2v) is 5.86. The summed E-state index contributed by atoms with van der Waals surface area (Å²) < 4.78 is 5.50. The third-order valence-electron chi connectivity index (χ3n) is 3.77. The van der Waals surface area contributed by atoms with E-state index < -0.39 is 11.9 Å². The normalized spacial score (nSPS) is 21.4. The fourth-order valence-corrected chi connectivity index (χ4v) is 2.72. The van der Waals surface area contributed by atoms with Crippen LogP contribution in [0.15, 0.2) is 18.2 Å². The Hall–Kier alpha value is -1.75. The Morgan fingerprint density at radius 1 is 1.43 bits per heavy atom. The van der Waals surface area contributed by atoms with Gasteiger partial charge in [-0.1, -0.05) is 18.5 Å². The molecular weight excluding hydrogens is 294 g/mol. The number of halogens is 1. The number of amides is 1. The van der Waals surface area contributed by atoms with Crippen LogP contribution in [0.5, 0.6) is 5.75 Å². The van der Waals surface area contributed by atoms with E-state index >= 15 is 0 Å². The van der Waals surface area contributed by atoms with Crippen LogP contribution in [-0.4, -0.2) is 41.6 Å². The molecule has 0 radical (unpaired) electrons. The Morgan fingerprint density at radius 3 is 2.71 bits per heavy atom. The topological polar surface area (TPSA) is 66.8 Å². The lowest BCUT2D eigenvalue weighted by atomic mass is 9.99. The fraction of sp³-hybridized carbons (Fsp3) is 0.467. The lowest BCUT2D eigenvalue weighted by Gasteiger charge is -2.17. The van der Waals surface area contributed by atoms with E-state index in [9.17, 15) is 9.59 Å². The van der Waals surface area contributed by atoms with Crippen molar-refractivity contribution in [3.63, 3.8) is 0 Å². The summed E-state index contributed by atoms with van der Waals surface area (Å²) in [6.45, 7) is 4.30. The predicted octanol–water partition coefficient (Wildman–Crippen LogP) is 2.21. The van der Waals surface area contributed by atoms with Gasteiger partial charge in [0, 0.05) is 18.1 Å². The standard InChI is InChI=1S/C15H18ClNO4/c1-9-5-11(16)3-4-13(9)21-8-14(18)17-6-10(2)12(7-17)15(19)20/h3-5,10,12H,6-8H2,1-2H3,(H,19,20). The summed E-state index contributed by atoms with van der Waals surface area (Å²) in [6.07, 6.45) is 0. The molecule has 2 atom stereocenters. The molecule has 0 saturated carbocycles. The molecule has 0 bridgehead atoms. The van der Waals surface area contributed by atoms with Gasteiger partial charge in [0.1, 0.15) is 5.75 Å². The molecule has 6 heteroatoms. The third kappa shape index (κ3) is 3.67. The number of aryl methyl sites for hydroxylation is 1. The molecule has 2 unspecified atom stereocenters. The van der Waals surface area contributed by atoms with Gasteiger partial charge < -0.3 is 14.7 Å². The van der Waals surface area contributed by atoms with E-state index in [4.69, 9.17) is 21.4 Å². The number of rotatable bonds is 4. The number of hydrogen-bond acceptors (Lipinski definition) is 3. The van der Waals surface area contributed by atoms with E-state index in [2.05, 4.69) is 0 Å². The highest BCUT2D eigenvalue weighted by Crippen LogP contribution is 2.24. The Balaban J connectivity index is 1.92. The first-order chi connectivity index (χ1) is 9.88. The summed E-state index contributed by atoms with van der Waals surface area (Å²) >= 11 is 5.86. The fourth-order valence-electron chi connectivity index (χ4n) is 2.50. The third-order valence-corrected chi connectivity index (χ3v) is 4.01. The van der Waals surface area contributed by atoms with Crippen LogP contribution in [0.25, 0.3) is 0 Å². The van der Waals surface area contributed by atoms with E-state index in [1.165, 1.54) is 0 Å². The lowest BCUT2D eigenvalue weighted by molar-refractivity contribution is -0.142. The summed E-state index contributed by atoms with van der Waals surface area (Å²) in [6, 6.07) is 5.18. The van der Waals surface area contributed by atoms with Crippen molar-refractivity contribution in [1.82, 2.24) is 4.90 Å². The van der Waals surface area contributed by atoms with Gasteiger partial charge in [-0.3, -0.25) is 9.59 Å². The van der Waals surface area contributed by atoms with Gasteiger partial charge in [-0.25, -0.2) is 0 Å². The Labute approximate surface area is 128 Å². The van der Waals surface area contributed by atoms with Gasteiger partial charge >= 0.3 is 5.97 Å². The van der Waals surface area contributed by atoms with Crippen LogP contribution in [0.3, 0.4) is 0 Å². The minimum Gasteiger partial charge on any atom is -0.483 e. The van der Waals surface area contributed by atoms with Crippen molar-refractivity contribution in [3.8, 4) is 5.75 Å². The summed E-state index contributed by atoms with van der Waals surface area (Å²) in [5, 5.41) is 9.69. The molecular formula is C15H18ClNO4. The minimum absolute atomic E-state index is 0.0382. The zero-order valence-electron chi connectivity index (χ0n) is 12.0. The first-order valence-corrected chi connectivity index (χ1v) is 7.16. The van der Waals surface area contributed by atoms with E-state index in [0.29, 0.717) is 17.3 Å². The van der Waals surface area contributed by atoms with Crippen LogP contribution < -0.4 is 4.74 Å². The lowest BCUT2D eigenvalue weighted by Crippen LogP contribution is -2.34. The van der Waals surface area contributed by atoms with Gasteiger partial charge in [0.05, 0.1) is 5.92 Å². The predicted molar refractivity (Wildman–Crippen MR) is 78.6 cm³/mol. The van der Waals surface area contributed by atoms with Crippen molar-refractivity contribution in [2.24, 2.45) is 11.8 Å². The second kappa shape index (κ2) is 6.35. The average molecular weight is 312 g/mol. The average Bonchev–Trinajstić information content (AvgIpc) is 2.80. The van der Waals surface area contributed by atoms with Gasteiger partial charge in [-0.15, -0.1) is 0 Å². The summed E-state index contributed by atoms with van der Waals surface area (Å²) in [4.78, 5) is 24.7. The Kier molecular flexibility index (Phi) is 4.73. The van der Waals surface area contributed by atoms with Crippen LogP contribution in [-0.2, 0) is 9.59 Å². The molecule has 1 N–H and O–H groups in total. The number of carbonyl (C=O) groups excluding carboxylic acids is 1. The number of aliphatic carboxylic acids is 1. The molecule has 0 spiro atoms.